The maximum absolute atomic E-state index is 11.3. The molecule has 1 aromatic carbocycles. The molecule has 100 valence electrons. The van der Waals surface area contributed by atoms with Gasteiger partial charge in [0.1, 0.15) is 11.8 Å². The molecule has 0 spiro atoms. The number of ether oxygens (including phenoxy) is 1. The molecule has 0 amide bonds. The van der Waals surface area contributed by atoms with E-state index in [0.29, 0.717) is 0 Å². The van der Waals surface area contributed by atoms with Crippen molar-refractivity contribution >= 4 is 40.3 Å². The Morgan fingerprint density at radius 1 is 1.44 bits per heavy atom. The Labute approximate surface area is 117 Å². The van der Waals surface area contributed by atoms with Gasteiger partial charge in [0.05, 0.1) is 17.1 Å². The number of halogens is 2. The standard InChI is InChI=1S/C10H10BrNO5.ClH/c1-17-10(16)7(12)6-4(9(14)15)2-3-5(11)8(6)13;/h2-3,7,13H,12H2,1H3,(H,14,15);1H/t7-;/m1./s1. The number of carboxylic acids is 1. The summed E-state index contributed by atoms with van der Waals surface area (Å²) in [6, 6.07) is 1.24. The number of nitrogens with two attached hydrogens (primary N) is 1. The Balaban J connectivity index is 0.00000289. The lowest BCUT2D eigenvalue weighted by Crippen LogP contribution is -2.25. The number of hydrogen-bond donors (Lipinski definition) is 3. The average molecular weight is 341 g/mol. The van der Waals surface area contributed by atoms with E-state index in [1.165, 1.54) is 12.1 Å². The molecule has 0 heterocycles. The summed E-state index contributed by atoms with van der Waals surface area (Å²) in [4.78, 5) is 22.3. The number of rotatable bonds is 3. The third-order valence-electron chi connectivity index (χ3n) is 2.16. The van der Waals surface area contributed by atoms with Crippen molar-refractivity contribution in [1.82, 2.24) is 0 Å². The number of carbonyl (C=O) groups excluding carboxylic acids is 1. The highest BCUT2D eigenvalue weighted by Crippen LogP contribution is 2.34. The summed E-state index contributed by atoms with van der Waals surface area (Å²) in [5.41, 5.74) is 5.11. The molecule has 6 nitrogen and oxygen atoms in total. The van der Waals surface area contributed by atoms with Crippen LogP contribution in [0.25, 0.3) is 0 Å². The third-order valence-corrected chi connectivity index (χ3v) is 2.80. The number of benzene rings is 1. The number of methoxy groups -OCH3 is 1. The summed E-state index contributed by atoms with van der Waals surface area (Å²) >= 11 is 3.02. The highest BCUT2D eigenvalue weighted by molar-refractivity contribution is 9.10. The van der Waals surface area contributed by atoms with Crippen molar-refractivity contribution in [2.24, 2.45) is 5.73 Å². The number of aromatic carboxylic acids is 1. The van der Waals surface area contributed by atoms with E-state index in [9.17, 15) is 14.7 Å². The van der Waals surface area contributed by atoms with Gasteiger partial charge in [0, 0.05) is 5.56 Å². The maximum atomic E-state index is 11.3. The van der Waals surface area contributed by atoms with Crippen LogP contribution in [0.3, 0.4) is 0 Å². The van der Waals surface area contributed by atoms with Gasteiger partial charge in [-0.1, -0.05) is 0 Å². The summed E-state index contributed by atoms with van der Waals surface area (Å²) in [7, 11) is 1.12. The lowest BCUT2D eigenvalue weighted by Gasteiger charge is -2.15. The van der Waals surface area contributed by atoms with E-state index in [2.05, 4.69) is 20.7 Å². The van der Waals surface area contributed by atoms with Crippen LogP contribution in [0.1, 0.15) is 22.0 Å². The normalized spacial score (nSPS) is 11.3. The Morgan fingerprint density at radius 3 is 2.44 bits per heavy atom. The fraction of sp³-hybridized carbons (Fsp3) is 0.200. The number of phenolic OH excluding ortho intramolecular Hbond substituents is 1. The summed E-state index contributed by atoms with van der Waals surface area (Å²) in [6.07, 6.45) is 0. The first-order valence-corrected chi connectivity index (χ1v) is 5.27. The molecule has 0 aliphatic carbocycles. The Hall–Kier alpha value is -1.31. The molecule has 0 saturated heterocycles. The van der Waals surface area contributed by atoms with E-state index in [0.717, 1.165) is 7.11 Å². The van der Waals surface area contributed by atoms with Crippen LogP contribution < -0.4 is 5.73 Å². The highest BCUT2D eigenvalue weighted by atomic mass is 79.9. The van der Waals surface area contributed by atoms with Crippen molar-refractivity contribution in [2.45, 2.75) is 6.04 Å². The molecule has 4 N–H and O–H groups in total. The topological polar surface area (TPSA) is 110 Å². The van der Waals surface area contributed by atoms with Crippen LogP contribution in [-0.4, -0.2) is 29.3 Å². The first-order valence-electron chi connectivity index (χ1n) is 4.48. The van der Waals surface area contributed by atoms with Gasteiger partial charge in [0.25, 0.3) is 0 Å². The van der Waals surface area contributed by atoms with E-state index < -0.39 is 18.0 Å². The van der Waals surface area contributed by atoms with Crippen LogP contribution in [-0.2, 0) is 9.53 Å². The largest absolute Gasteiger partial charge is 0.506 e. The van der Waals surface area contributed by atoms with Crippen LogP contribution in [0.5, 0.6) is 5.75 Å². The van der Waals surface area contributed by atoms with Crippen molar-refractivity contribution in [3.63, 3.8) is 0 Å². The summed E-state index contributed by atoms with van der Waals surface area (Å²) < 4.78 is 4.66. The molecule has 1 aromatic rings. The number of phenols is 1. The molecule has 0 bridgehead atoms. The van der Waals surface area contributed by atoms with Gasteiger partial charge in [-0.3, -0.25) is 4.79 Å². The Bertz CT molecular complexity index is 480. The predicted molar refractivity (Wildman–Crippen MR) is 69.0 cm³/mol. The second-order valence-corrected chi connectivity index (χ2v) is 4.02. The SMILES string of the molecule is COC(=O)[C@H](N)c1c(C(=O)O)ccc(Br)c1O.Cl. The molecular formula is C10H11BrClNO5. The molecule has 1 atom stereocenters. The minimum atomic E-state index is -1.36. The number of aromatic hydroxyl groups is 1. The second kappa shape index (κ2) is 6.58. The monoisotopic (exact) mass is 339 g/mol. The van der Waals surface area contributed by atoms with Gasteiger partial charge < -0.3 is 20.7 Å². The molecular weight excluding hydrogens is 329 g/mol. The Morgan fingerprint density at radius 2 is 2.00 bits per heavy atom. The smallest absolute Gasteiger partial charge is 0.336 e. The van der Waals surface area contributed by atoms with Gasteiger partial charge in [0.2, 0.25) is 0 Å². The van der Waals surface area contributed by atoms with Crippen molar-refractivity contribution < 1.29 is 24.5 Å². The van der Waals surface area contributed by atoms with Gasteiger partial charge >= 0.3 is 11.9 Å². The van der Waals surface area contributed by atoms with Crippen molar-refractivity contribution in [3.8, 4) is 5.75 Å². The van der Waals surface area contributed by atoms with Crippen molar-refractivity contribution in [2.75, 3.05) is 7.11 Å². The van der Waals surface area contributed by atoms with Gasteiger partial charge in [-0.15, -0.1) is 12.4 Å². The van der Waals surface area contributed by atoms with Gasteiger partial charge in [-0.25, -0.2) is 4.79 Å². The predicted octanol–water partition coefficient (Wildman–Crippen LogP) is 1.45. The van der Waals surface area contributed by atoms with Crippen LogP contribution in [0.2, 0.25) is 0 Å². The van der Waals surface area contributed by atoms with Gasteiger partial charge in [0.15, 0.2) is 0 Å². The number of hydrogen-bond acceptors (Lipinski definition) is 5. The number of esters is 1. The second-order valence-electron chi connectivity index (χ2n) is 3.16. The average Bonchev–Trinajstić information content (AvgIpc) is 2.30. The minimum Gasteiger partial charge on any atom is -0.506 e. The molecule has 0 aliphatic rings. The fourth-order valence-electron chi connectivity index (χ4n) is 1.33. The van der Waals surface area contributed by atoms with Crippen LogP contribution in [0, 0.1) is 0 Å². The number of carbonyl (C=O) groups is 2. The molecule has 8 heteroatoms. The first kappa shape index (κ1) is 16.7. The first-order chi connectivity index (χ1) is 7.90. The van der Waals surface area contributed by atoms with Gasteiger partial charge in [-0.2, -0.15) is 0 Å². The quantitative estimate of drug-likeness (QED) is 0.718. The van der Waals surface area contributed by atoms with Crippen LogP contribution >= 0.6 is 28.3 Å². The zero-order chi connectivity index (χ0) is 13.2. The van der Waals surface area contributed by atoms with Crippen molar-refractivity contribution in [3.05, 3.63) is 27.7 Å². The van der Waals surface area contributed by atoms with Crippen molar-refractivity contribution in [1.29, 1.82) is 0 Å². The highest BCUT2D eigenvalue weighted by Gasteiger charge is 2.27. The molecule has 0 aliphatic heterocycles. The van der Waals surface area contributed by atoms with E-state index in [1.807, 2.05) is 0 Å². The summed E-state index contributed by atoms with van der Waals surface area (Å²) in [5, 5.41) is 18.7. The van der Waals surface area contributed by atoms with Crippen LogP contribution in [0.4, 0.5) is 0 Å². The van der Waals surface area contributed by atoms with E-state index in [-0.39, 0.29) is 33.8 Å². The van der Waals surface area contributed by atoms with E-state index in [1.54, 1.807) is 0 Å². The lowest BCUT2D eigenvalue weighted by molar-refractivity contribution is -0.142. The minimum absolute atomic E-state index is 0. The molecule has 0 unspecified atom stereocenters. The van der Waals surface area contributed by atoms with E-state index >= 15 is 0 Å². The maximum Gasteiger partial charge on any atom is 0.336 e. The number of carboxylic acid groups (broad SMARTS) is 1. The molecule has 0 fully saturated rings. The molecule has 0 aromatic heterocycles. The molecule has 0 saturated carbocycles. The van der Waals surface area contributed by atoms with E-state index in [4.69, 9.17) is 10.8 Å². The lowest BCUT2D eigenvalue weighted by atomic mass is 9.99. The fourth-order valence-corrected chi connectivity index (χ4v) is 1.67. The van der Waals surface area contributed by atoms with Gasteiger partial charge in [-0.05, 0) is 28.1 Å². The molecule has 18 heavy (non-hydrogen) atoms. The Kier molecular flexibility index (Phi) is 6.10. The summed E-state index contributed by atoms with van der Waals surface area (Å²) in [5.74, 6) is -2.51. The summed E-state index contributed by atoms with van der Waals surface area (Å²) in [6.45, 7) is 0. The molecule has 0 radical (unpaired) electrons. The molecule has 1 rings (SSSR count). The van der Waals surface area contributed by atoms with Crippen LogP contribution in [0.15, 0.2) is 16.6 Å². The zero-order valence-corrected chi connectivity index (χ0v) is 11.6. The third kappa shape index (κ3) is 3.12. The zero-order valence-electron chi connectivity index (χ0n) is 9.21.